The van der Waals surface area contributed by atoms with Gasteiger partial charge in [0.15, 0.2) is 0 Å². The summed E-state index contributed by atoms with van der Waals surface area (Å²) >= 11 is 1.85. The summed E-state index contributed by atoms with van der Waals surface area (Å²) in [6.45, 7) is 2.19. The normalized spacial score (nSPS) is 27.9. The molecule has 17 heavy (non-hydrogen) atoms. The first-order chi connectivity index (χ1) is 7.97. The summed E-state index contributed by atoms with van der Waals surface area (Å²) < 4.78 is 23.2. The van der Waals surface area contributed by atoms with Crippen molar-refractivity contribution >= 4 is 21.6 Å². The zero-order valence-corrected chi connectivity index (χ0v) is 12.7. The monoisotopic (exact) mass is 279 g/mol. The quantitative estimate of drug-likeness (QED) is 0.808. The molecule has 102 valence electrons. The van der Waals surface area contributed by atoms with Crippen molar-refractivity contribution < 1.29 is 8.42 Å². The van der Waals surface area contributed by atoms with Crippen LogP contribution in [0.25, 0.3) is 0 Å². The lowest BCUT2D eigenvalue weighted by molar-refractivity contribution is 0.342. The molecular weight excluding hydrogens is 254 g/mol. The fourth-order valence-electron chi connectivity index (χ4n) is 2.50. The maximum atomic E-state index is 11.6. The van der Waals surface area contributed by atoms with E-state index in [1.807, 2.05) is 11.8 Å². The molecule has 1 rings (SSSR count). The minimum absolute atomic E-state index is 0.125. The first kappa shape index (κ1) is 15.3. The molecule has 1 N–H and O–H groups in total. The molecule has 0 aliphatic heterocycles. The summed E-state index contributed by atoms with van der Waals surface area (Å²) in [5.74, 6) is 1.11. The Kier molecular flexibility index (Phi) is 6.31. The highest BCUT2D eigenvalue weighted by Crippen LogP contribution is 2.24. The molecule has 1 saturated carbocycles. The van der Waals surface area contributed by atoms with Gasteiger partial charge in [0.25, 0.3) is 0 Å². The number of thioether (sulfide) groups is 1. The van der Waals surface area contributed by atoms with Crippen LogP contribution in [0.2, 0.25) is 0 Å². The fourth-order valence-corrected chi connectivity index (χ4v) is 4.41. The number of sulfone groups is 1. The molecule has 0 aromatic heterocycles. The van der Waals surface area contributed by atoms with Crippen LogP contribution in [0.1, 0.15) is 39.0 Å². The van der Waals surface area contributed by atoms with E-state index < -0.39 is 9.84 Å². The molecule has 0 amide bonds. The Morgan fingerprint density at radius 1 is 1.41 bits per heavy atom. The minimum Gasteiger partial charge on any atom is -0.310 e. The second-order valence-corrected chi connectivity index (χ2v) is 8.28. The fraction of sp³-hybridized carbons (Fsp3) is 1.00. The van der Waals surface area contributed by atoms with E-state index in [9.17, 15) is 8.42 Å². The van der Waals surface area contributed by atoms with Crippen LogP contribution in [0.5, 0.6) is 0 Å². The van der Waals surface area contributed by atoms with Crippen LogP contribution in [0.15, 0.2) is 0 Å². The molecule has 0 bridgehead atoms. The Hall–Kier alpha value is 0.260. The van der Waals surface area contributed by atoms with Crippen LogP contribution in [-0.4, -0.2) is 44.0 Å². The summed E-state index contributed by atoms with van der Waals surface area (Å²) in [4.78, 5) is 0. The molecule has 0 saturated heterocycles. The van der Waals surface area contributed by atoms with Crippen molar-refractivity contribution in [1.82, 2.24) is 5.32 Å². The van der Waals surface area contributed by atoms with Crippen LogP contribution < -0.4 is 5.32 Å². The van der Waals surface area contributed by atoms with Crippen LogP contribution in [-0.2, 0) is 9.84 Å². The molecule has 3 atom stereocenters. The van der Waals surface area contributed by atoms with Crippen molar-refractivity contribution in [3.8, 4) is 0 Å². The van der Waals surface area contributed by atoms with Gasteiger partial charge in [0.05, 0.1) is 5.25 Å². The summed E-state index contributed by atoms with van der Waals surface area (Å²) in [6, 6.07) is 0.911. The summed E-state index contributed by atoms with van der Waals surface area (Å²) in [6.07, 6.45) is 8.40. The van der Waals surface area contributed by atoms with Crippen LogP contribution in [0.4, 0.5) is 0 Å². The van der Waals surface area contributed by atoms with Gasteiger partial charge in [0.1, 0.15) is 9.84 Å². The highest BCUT2D eigenvalue weighted by atomic mass is 32.2. The third-order valence-electron chi connectivity index (χ3n) is 3.56. The van der Waals surface area contributed by atoms with Gasteiger partial charge < -0.3 is 5.32 Å². The Morgan fingerprint density at radius 3 is 2.65 bits per heavy atom. The van der Waals surface area contributed by atoms with E-state index in [-0.39, 0.29) is 5.25 Å². The van der Waals surface area contributed by atoms with Gasteiger partial charge in [-0.15, -0.1) is 0 Å². The second kappa shape index (κ2) is 7.00. The number of hydrogen-bond acceptors (Lipinski definition) is 4. The van der Waals surface area contributed by atoms with Crippen molar-refractivity contribution in [3.63, 3.8) is 0 Å². The van der Waals surface area contributed by atoms with Crippen molar-refractivity contribution in [2.24, 2.45) is 0 Å². The lowest BCUT2D eigenvalue weighted by Crippen LogP contribution is -2.44. The largest absolute Gasteiger partial charge is 0.310 e. The van der Waals surface area contributed by atoms with Gasteiger partial charge in [-0.25, -0.2) is 8.42 Å². The standard InChI is InChI=1S/C12H25NO2S2/c1-4-10(9-16-2)13-11-6-5-7-12(8-11)17(3,14)15/h10-13H,4-9H2,1-3H3. The topological polar surface area (TPSA) is 46.2 Å². The maximum absolute atomic E-state index is 11.6. The average molecular weight is 279 g/mol. The molecule has 1 aliphatic carbocycles. The van der Waals surface area contributed by atoms with Crippen LogP contribution in [0, 0.1) is 0 Å². The van der Waals surface area contributed by atoms with E-state index in [2.05, 4.69) is 18.5 Å². The van der Waals surface area contributed by atoms with Gasteiger partial charge in [0, 0.05) is 24.1 Å². The lowest BCUT2D eigenvalue weighted by Gasteiger charge is -2.31. The molecule has 0 spiro atoms. The Morgan fingerprint density at radius 2 is 2.12 bits per heavy atom. The minimum atomic E-state index is -2.86. The van der Waals surface area contributed by atoms with Crippen LogP contribution in [0.3, 0.4) is 0 Å². The molecular formula is C12H25NO2S2. The van der Waals surface area contributed by atoms with Crippen molar-refractivity contribution in [1.29, 1.82) is 0 Å². The van der Waals surface area contributed by atoms with Gasteiger partial charge >= 0.3 is 0 Å². The number of hydrogen-bond donors (Lipinski definition) is 1. The van der Waals surface area contributed by atoms with Crippen molar-refractivity contribution in [3.05, 3.63) is 0 Å². The number of rotatable bonds is 6. The molecule has 1 aliphatic rings. The molecule has 0 aromatic rings. The summed E-state index contributed by atoms with van der Waals surface area (Å²) in [7, 11) is -2.86. The summed E-state index contributed by atoms with van der Waals surface area (Å²) in [5, 5.41) is 3.50. The van der Waals surface area contributed by atoms with Gasteiger partial charge in [-0.2, -0.15) is 11.8 Å². The van der Waals surface area contributed by atoms with E-state index in [4.69, 9.17) is 0 Å². The molecule has 0 heterocycles. The van der Waals surface area contributed by atoms with Crippen molar-refractivity contribution in [2.45, 2.75) is 56.4 Å². The van der Waals surface area contributed by atoms with E-state index in [1.165, 1.54) is 6.26 Å². The Labute approximate surface area is 110 Å². The molecule has 0 radical (unpaired) electrons. The van der Waals surface area contributed by atoms with Gasteiger partial charge in [-0.05, 0) is 31.9 Å². The summed E-state index contributed by atoms with van der Waals surface area (Å²) in [5.41, 5.74) is 0. The van der Waals surface area contributed by atoms with E-state index in [0.29, 0.717) is 12.1 Å². The van der Waals surface area contributed by atoms with Gasteiger partial charge in [-0.1, -0.05) is 13.3 Å². The zero-order valence-electron chi connectivity index (χ0n) is 11.1. The van der Waals surface area contributed by atoms with Crippen LogP contribution >= 0.6 is 11.8 Å². The highest BCUT2D eigenvalue weighted by Gasteiger charge is 2.29. The smallest absolute Gasteiger partial charge is 0.150 e. The number of nitrogens with one attached hydrogen (secondary N) is 1. The predicted octanol–water partition coefficient (Wildman–Crippen LogP) is 2.07. The van der Waals surface area contributed by atoms with Gasteiger partial charge in [-0.3, -0.25) is 0 Å². The van der Waals surface area contributed by atoms with E-state index >= 15 is 0 Å². The third-order valence-corrected chi connectivity index (χ3v) is 5.94. The highest BCUT2D eigenvalue weighted by molar-refractivity contribution is 7.98. The maximum Gasteiger partial charge on any atom is 0.150 e. The van der Waals surface area contributed by atoms with E-state index in [0.717, 1.165) is 37.9 Å². The van der Waals surface area contributed by atoms with E-state index in [1.54, 1.807) is 0 Å². The molecule has 3 unspecified atom stereocenters. The second-order valence-electron chi connectivity index (χ2n) is 5.04. The lowest BCUT2D eigenvalue weighted by atomic mass is 9.94. The zero-order chi connectivity index (χ0) is 12.9. The molecule has 0 aromatic carbocycles. The Balaban J connectivity index is 2.49. The molecule has 3 nitrogen and oxygen atoms in total. The SMILES string of the molecule is CCC(CSC)NC1CCCC(S(C)(=O)=O)C1. The third kappa shape index (κ3) is 5.18. The van der Waals surface area contributed by atoms with Gasteiger partial charge in [0.2, 0.25) is 0 Å². The Bertz CT molecular complexity index is 316. The van der Waals surface area contributed by atoms with Crippen molar-refractivity contribution in [2.75, 3.05) is 18.3 Å². The molecule has 5 heteroatoms. The first-order valence-electron chi connectivity index (χ1n) is 6.41. The predicted molar refractivity (Wildman–Crippen MR) is 76.5 cm³/mol. The average Bonchev–Trinajstić information content (AvgIpc) is 2.28. The molecule has 1 fully saturated rings. The first-order valence-corrected chi connectivity index (χ1v) is 9.76.